The fourth-order valence-electron chi connectivity index (χ4n) is 2.44. The summed E-state index contributed by atoms with van der Waals surface area (Å²) in [7, 11) is 4.12. The molecule has 0 N–H and O–H groups in total. The molecule has 27 heavy (non-hydrogen) atoms. The van der Waals surface area contributed by atoms with E-state index in [1.165, 1.54) is 0 Å². The van der Waals surface area contributed by atoms with Crippen LogP contribution >= 0.6 is 0 Å². The quantitative estimate of drug-likeness (QED) is 0.546. The Morgan fingerprint density at radius 2 is 1.67 bits per heavy atom. The van der Waals surface area contributed by atoms with E-state index >= 15 is 0 Å². The Labute approximate surface area is 161 Å². The lowest BCUT2D eigenvalue weighted by molar-refractivity contribution is 0.347. The van der Waals surface area contributed by atoms with Gasteiger partial charge in [-0.3, -0.25) is 0 Å². The molecule has 2 aliphatic heterocycles. The van der Waals surface area contributed by atoms with Crippen LogP contribution in [0.15, 0.2) is 44.2 Å². The number of aliphatic imine (C=N–C) groups is 4. The maximum absolute atomic E-state index is 5.43. The molecule has 0 atom stereocenters. The average molecular weight is 371 g/mol. The van der Waals surface area contributed by atoms with E-state index in [9.17, 15) is 0 Å². The first-order chi connectivity index (χ1) is 13.2. The van der Waals surface area contributed by atoms with Crippen LogP contribution < -0.4 is 0 Å². The van der Waals surface area contributed by atoms with Crippen molar-refractivity contribution in [2.45, 2.75) is 13.3 Å². The predicted octanol–water partition coefficient (Wildman–Crippen LogP) is 2.37. The molecule has 0 fully saturated rings. The number of ether oxygens (including phenoxy) is 2. The summed E-state index contributed by atoms with van der Waals surface area (Å²) in [5.74, 6) is 1.45. The molecule has 0 saturated heterocycles. The first-order valence-corrected chi connectivity index (χ1v) is 9.38. The molecule has 146 valence electrons. The van der Waals surface area contributed by atoms with Gasteiger partial charge < -0.3 is 14.4 Å². The van der Waals surface area contributed by atoms with Crippen molar-refractivity contribution >= 4 is 17.8 Å². The van der Waals surface area contributed by atoms with Gasteiger partial charge in [0.1, 0.15) is 13.2 Å². The number of rotatable bonds is 7. The normalized spacial score (nSPS) is 15.0. The third-order valence-electron chi connectivity index (χ3n) is 3.70. The van der Waals surface area contributed by atoms with Gasteiger partial charge in [-0.2, -0.15) is 0 Å². The van der Waals surface area contributed by atoms with E-state index in [2.05, 4.69) is 45.0 Å². The van der Waals surface area contributed by atoms with Crippen molar-refractivity contribution in [2.24, 2.45) is 20.0 Å². The Morgan fingerprint density at radius 1 is 1.04 bits per heavy atom. The minimum Gasteiger partial charge on any atom is -0.476 e. The van der Waals surface area contributed by atoms with E-state index in [4.69, 9.17) is 9.47 Å². The molecule has 0 radical (unpaired) electrons. The van der Waals surface area contributed by atoms with Gasteiger partial charge >= 0.3 is 0 Å². The molecule has 0 aliphatic carbocycles. The highest BCUT2D eigenvalue weighted by Crippen LogP contribution is 2.13. The van der Waals surface area contributed by atoms with Gasteiger partial charge in [-0.15, -0.1) is 0 Å². The Kier molecular flexibility index (Phi) is 9.24. The van der Waals surface area contributed by atoms with Crippen LogP contribution in [0.3, 0.4) is 0 Å². The minimum absolute atomic E-state index is 0.678. The zero-order chi connectivity index (χ0) is 19.3. The largest absolute Gasteiger partial charge is 0.476 e. The Balaban J connectivity index is 0.000000211. The summed E-state index contributed by atoms with van der Waals surface area (Å²) in [4.78, 5) is 18.6. The molecule has 2 aliphatic rings. The monoisotopic (exact) mass is 371 g/mol. The van der Waals surface area contributed by atoms with Gasteiger partial charge in [-0.1, -0.05) is 6.07 Å². The standard InChI is InChI=1S/C12H12N2O2.C8H17N3/c1-2-9(11-13-4-6-15-11)8-10(3-1)12-14-5-7-16-12;1-4-9-8-10-6-5-7-11(2)3/h1-3,8H,4-7H2;4-7H2,1-3H3. The maximum atomic E-state index is 5.43. The SMILES string of the molecule is CCN=C=NCCCN(C)C.c1cc(C2=NCCO2)cc(C2=NCCO2)c1. The maximum Gasteiger partial charge on any atom is 0.216 e. The predicted molar refractivity (Wildman–Crippen MR) is 110 cm³/mol. The number of hydrogen-bond donors (Lipinski definition) is 0. The van der Waals surface area contributed by atoms with Gasteiger partial charge in [-0.25, -0.2) is 20.0 Å². The highest BCUT2D eigenvalue weighted by Gasteiger charge is 2.14. The highest BCUT2D eigenvalue weighted by atomic mass is 16.5. The summed E-state index contributed by atoms with van der Waals surface area (Å²) >= 11 is 0. The van der Waals surface area contributed by atoms with Crippen molar-refractivity contribution in [1.82, 2.24) is 4.90 Å². The minimum atomic E-state index is 0.678. The summed E-state index contributed by atoms with van der Waals surface area (Å²) < 4.78 is 10.9. The van der Waals surface area contributed by atoms with Crippen molar-refractivity contribution in [3.05, 3.63) is 35.4 Å². The first-order valence-electron chi connectivity index (χ1n) is 9.38. The molecule has 0 bridgehead atoms. The molecule has 0 saturated carbocycles. The Morgan fingerprint density at radius 3 is 2.15 bits per heavy atom. The third kappa shape index (κ3) is 7.72. The van der Waals surface area contributed by atoms with Crippen LogP contribution in [0.5, 0.6) is 0 Å². The van der Waals surface area contributed by atoms with Gasteiger partial charge in [0.25, 0.3) is 0 Å². The van der Waals surface area contributed by atoms with E-state index in [-0.39, 0.29) is 0 Å². The van der Waals surface area contributed by atoms with Crippen LogP contribution in [-0.4, -0.2) is 82.7 Å². The van der Waals surface area contributed by atoms with E-state index in [1.807, 2.05) is 31.2 Å². The summed E-state index contributed by atoms with van der Waals surface area (Å²) in [6.45, 7) is 7.51. The lowest BCUT2D eigenvalue weighted by Gasteiger charge is -2.05. The number of benzene rings is 1. The molecule has 7 heteroatoms. The van der Waals surface area contributed by atoms with Gasteiger partial charge in [0.2, 0.25) is 11.8 Å². The Hall–Kier alpha value is -2.50. The molecular weight excluding hydrogens is 342 g/mol. The molecule has 3 rings (SSSR count). The summed E-state index contributed by atoms with van der Waals surface area (Å²) in [5.41, 5.74) is 1.99. The lowest BCUT2D eigenvalue weighted by atomic mass is 10.1. The van der Waals surface area contributed by atoms with Gasteiger partial charge in [-0.05, 0) is 52.2 Å². The average Bonchev–Trinajstić information content (AvgIpc) is 3.39. The van der Waals surface area contributed by atoms with Crippen molar-refractivity contribution in [3.8, 4) is 0 Å². The van der Waals surface area contributed by atoms with Crippen molar-refractivity contribution in [1.29, 1.82) is 0 Å². The fourth-order valence-corrected chi connectivity index (χ4v) is 2.44. The summed E-state index contributed by atoms with van der Waals surface area (Å²) in [5, 5.41) is 0. The second-order valence-electron chi connectivity index (χ2n) is 6.26. The molecule has 0 aromatic heterocycles. The molecular formula is C20H29N5O2. The van der Waals surface area contributed by atoms with Crippen LogP contribution in [0.2, 0.25) is 0 Å². The topological polar surface area (TPSA) is 71.1 Å². The van der Waals surface area contributed by atoms with Crippen molar-refractivity contribution in [2.75, 3.05) is 60.0 Å². The van der Waals surface area contributed by atoms with Gasteiger partial charge in [0, 0.05) is 17.7 Å². The van der Waals surface area contributed by atoms with Crippen LogP contribution in [-0.2, 0) is 9.47 Å². The van der Waals surface area contributed by atoms with Gasteiger partial charge in [0.15, 0.2) is 0 Å². The third-order valence-corrected chi connectivity index (χ3v) is 3.70. The molecule has 7 nitrogen and oxygen atoms in total. The fraction of sp³-hybridized carbons (Fsp3) is 0.550. The molecule has 0 spiro atoms. The van der Waals surface area contributed by atoms with E-state index in [1.54, 1.807) is 0 Å². The Bertz CT molecular complexity index is 667. The zero-order valence-electron chi connectivity index (χ0n) is 16.5. The smallest absolute Gasteiger partial charge is 0.216 e. The molecule has 1 aromatic rings. The van der Waals surface area contributed by atoms with Crippen molar-refractivity contribution in [3.63, 3.8) is 0 Å². The number of nitrogens with zero attached hydrogens (tertiary/aromatic N) is 5. The van der Waals surface area contributed by atoms with E-state index in [0.29, 0.717) is 13.2 Å². The van der Waals surface area contributed by atoms with E-state index in [0.717, 1.165) is 62.1 Å². The summed E-state index contributed by atoms with van der Waals surface area (Å²) in [6.07, 6.45) is 1.08. The van der Waals surface area contributed by atoms with Crippen LogP contribution in [0.1, 0.15) is 24.5 Å². The lowest BCUT2D eigenvalue weighted by Crippen LogP contribution is -2.13. The second-order valence-corrected chi connectivity index (χ2v) is 6.26. The first kappa shape index (κ1) is 20.8. The van der Waals surface area contributed by atoms with E-state index < -0.39 is 0 Å². The van der Waals surface area contributed by atoms with Crippen LogP contribution in [0, 0.1) is 0 Å². The highest BCUT2D eigenvalue weighted by molar-refractivity contribution is 6.00. The summed E-state index contributed by atoms with van der Waals surface area (Å²) in [6, 6.07) is 10.6. The zero-order valence-corrected chi connectivity index (χ0v) is 16.5. The van der Waals surface area contributed by atoms with Crippen molar-refractivity contribution < 1.29 is 9.47 Å². The molecule has 0 amide bonds. The van der Waals surface area contributed by atoms with Gasteiger partial charge in [0.05, 0.1) is 25.6 Å². The molecule has 0 unspecified atom stereocenters. The van der Waals surface area contributed by atoms with Crippen LogP contribution in [0.25, 0.3) is 0 Å². The molecule has 2 heterocycles. The second kappa shape index (κ2) is 12.0. The number of hydrogen-bond acceptors (Lipinski definition) is 7. The molecule has 1 aromatic carbocycles. The van der Waals surface area contributed by atoms with Crippen LogP contribution in [0.4, 0.5) is 0 Å².